The Morgan fingerprint density at radius 1 is 0.955 bits per heavy atom. The van der Waals surface area contributed by atoms with Crippen LogP contribution in [0, 0.1) is 0 Å². The van der Waals surface area contributed by atoms with E-state index in [4.69, 9.17) is 0 Å². The van der Waals surface area contributed by atoms with Crippen LogP contribution in [0.3, 0.4) is 0 Å². The first kappa shape index (κ1) is 20.0. The molecule has 0 amide bonds. The van der Waals surface area contributed by atoms with Gasteiger partial charge >= 0.3 is 0 Å². The zero-order valence-corrected chi connectivity index (χ0v) is 14.6. The van der Waals surface area contributed by atoms with Crippen LogP contribution in [0.2, 0.25) is 0 Å². The standard InChI is InChI=1S/C9H12N2O.C6H6.2C2H6/c1-5-9-7(3-4-8(9)12)11-6(2)10-5;1-2-4-6-5-3-1;2*1-2/h5,10-11H,2-4H2,1H3;1-6H;2*1-2H3. The van der Waals surface area contributed by atoms with E-state index in [2.05, 4.69) is 17.2 Å². The normalized spacial score (nSPS) is 18.1. The number of hydrogen-bond acceptors (Lipinski definition) is 3. The lowest BCUT2D eigenvalue weighted by Crippen LogP contribution is -2.40. The molecule has 3 nitrogen and oxygen atoms in total. The molecule has 1 atom stereocenters. The van der Waals surface area contributed by atoms with Crippen molar-refractivity contribution in [3.63, 3.8) is 0 Å². The van der Waals surface area contributed by atoms with Crippen molar-refractivity contribution in [3.05, 3.63) is 60.1 Å². The molecule has 1 aromatic rings. The zero-order valence-electron chi connectivity index (χ0n) is 14.6. The van der Waals surface area contributed by atoms with Gasteiger partial charge in [-0.05, 0) is 13.3 Å². The summed E-state index contributed by atoms with van der Waals surface area (Å²) in [7, 11) is 0. The summed E-state index contributed by atoms with van der Waals surface area (Å²) in [6, 6.07) is 12.1. The Bertz CT molecular complexity index is 451. The van der Waals surface area contributed by atoms with E-state index in [0.29, 0.717) is 6.42 Å². The van der Waals surface area contributed by atoms with Gasteiger partial charge in [-0.3, -0.25) is 4.79 Å². The lowest BCUT2D eigenvalue weighted by atomic mass is 10.1. The van der Waals surface area contributed by atoms with E-state index in [-0.39, 0.29) is 11.8 Å². The third kappa shape index (κ3) is 6.17. The summed E-state index contributed by atoms with van der Waals surface area (Å²) in [5.41, 5.74) is 1.98. The second-order valence-electron chi connectivity index (χ2n) is 4.44. The summed E-state index contributed by atoms with van der Waals surface area (Å²) < 4.78 is 0. The predicted octanol–water partition coefficient (Wildman–Crippen LogP) is 4.39. The van der Waals surface area contributed by atoms with Gasteiger partial charge in [0, 0.05) is 17.7 Å². The van der Waals surface area contributed by atoms with Gasteiger partial charge in [-0.1, -0.05) is 70.7 Å². The van der Waals surface area contributed by atoms with Gasteiger partial charge in [0.15, 0.2) is 5.78 Å². The number of benzene rings is 1. The molecule has 1 heterocycles. The van der Waals surface area contributed by atoms with Crippen molar-refractivity contribution in [3.8, 4) is 0 Å². The molecule has 1 aliphatic carbocycles. The Morgan fingerprint density at radius 2 is 1.41 bits per heavy atom. The van der Waals surface area contributed by atoms with Crippen molar-refractivity contribution in [2.45, 2.75) is 53.5 Å². The monoisotopic (exact) mass is 302 g/mol. The van der Waals surface area contributed by atoms with Gasteiger partial charge in [0.05, 0.1) is 11.9 Å². The van der Waals surface area contributed by atoms with Crippen LogP contribution in [0.1, 0.15) is 47.5 Å². The van der Waals surface area contributed by atoms with Crippen molar-refractivity contribution in [1.82, 2.24) is 10.6 Å². The van der Waals surface area contributed by atoms with Gasteiger partial charge in [-0.15, -0.1) is 0 Å². The van der Waals surface area contributed by atoms with Gasteiger partial charge in [0.1, 0.15) is 0 Å². The molecule has 2 aliphatic rings. The Kier molecular flexibility index (Phi) is 10.5. The number of ketones is 1. The van der Waals surface area contributed by atoms with Crippen molar-refractivity contribution in [1.29, 1.82) is 0 Å². The molecule has 2 N–H and O–H groups in total. The van der Waals surface area contributed by atoms with E-state index in [1.807, 2.05) is 71.0 Å². The number of nitrogens with one attached hydrogen (secondary N) is 2. The highest BCUT2D eigenvalue weighted by atomic mass is 16.1. The summed E-state index contributed by atoms with van der Waals surface area (Å²) in [6.07, 6.45) is 1.50. The summed E-state index contributed by atoms with van der Waals surface area (Å²) >= 11 is 0. The minimum Gasteiger partial charge on any atom is -0.365 e. The van der Waals surface area contributed by atoms with Crippen LogP contribution in [0.4, 0.5) is 0 Å². The molecule has 1 aliphatic heterocycles. The van der Waals surface area contributed by atoms with E-state index in [0.717, 1.165) is 23.5 Å². The van der Waals surface area contributed by atoms with Gasteiger partial charge in [-0.2, -0.15) is 0 Å². The maximum Gasteiger partial charge on any atom is 0.163 e. The molecule has 3 rings (SSSR count). The summed E-state index contributed by atoms with van der Waals surface area (Å²) in [6.45, 7) is 13.8. The van der Waals surface area contributed by atoms with Crippen LogP contribution in [0.25, 0.3) is 0 Å². The van der Waals surface area contributed by atoms with E-state index >= 15 is 0 Å². The molecule has 0 aromatic heterocycles. The highest BCUT2D eigenvalue weighted by Gasteiger charge is 2.30. The molecule has 122 valence electrons. The Balaban J connectivity index is 0.000000373. The second-order valence-corrected chi connectivity index (χ2v) is 4.44. The van der Waals surface area contributed by atoms with E-state index < -0.39 is 0 Å². The fraction of sp³-hybridized carbons (Fsp3) is 0.421. The molecule has 0 saturated carbocycles. The predicted molar refractivity (Wildman–Crippen MR) is 95.3 cm³/mol. The summed E-state index contributed by atoms with van der Waals surface area (Å²) in [4.78, 5) is 11.4. The van der Waals surface area contributed by atoms with Crippen LogP contribution in [0.5, 0.6) is 0 Å². The Hall–Kier alpha value is -2.03. The molecular formula is C19H30N2O. The second kappa shape index (κ2) is 11.6. The molecule has 0 saturated heterocycles. The van der Waals surface area contributed by atoms with Crippen LogP contribution in [-0.4, -0.2) is 11.8 Å². The average molecular weight is 302 g/mol. The van der Waals surface area contributed by atoms with Crippen molar-refractivity contribution in [2.75, 3.05) is 0 Å². The summed E-state index contributed by atoms with van der Waals surface area (Å²) in [5.74, 6) is 1.07. The quantitative estimate of drug-likeness (QED) is 0.746. The number of allylic oxidation sites excluding steroid dienone is 1. The minimum absolute atomic E-state index is 0.128. The molecule has 1 aromatic carbocycles. The van der Waals surface area contributed by atoms with Crippen LogP contribution < -0.4 is 10.6 Å². The van der Waals surface area contributed by atoms with Crippen LogP contribution in [0.15, 0.2) is 60.1 Å². The molecule has 0 bridgehead atoms. The molecule has 0 spiro atoms. The van der Waals surface area contributed by atoms with Gasteiger partial charge in [-0.25, -0.2) is 0 Å². The molecule has 0 radical (unpaired) electrons. The number of hydrogen-bond donors (Lipinski definition) is 2. The number of Topliss-reactive ketones (excluding diaryl/α,β-unsaturated/α-hetero) is 1. The SMILES string of the molecule is C=C1NC2=C(C(=O)CC2)C(C)N1.CC.CC.c1ccccc1. The minimum atomic E-state index is 0.128. The molecule has 22 heavy (non-hydrogen) atoms. The lowest BCUT2D eigenvalue weighted by Gasteiger charge is -2.26. The number of carbonyl (C=O) groups is 1. The van der Waals surface area contributed by atoms with Crippen LogP contribution in [-0.2, 0) is 4.79 Å². The smallest absolute Gasteiger partial charge is 0.163 e. The maximum atomic E-state index is 11.4. The highest BCUT2D eigenvalue weighted by Crippen LogP contribution is 2.26. The fourth-order valence-electron chi connectivity index (χ4n) is 2.25. The topological polar surface area (TPSA) is 41.1 Å². The molecule has 0 fully saturated rings. The number of carbonyl (C=O) groups excluding carboxylic acids is 1. The fourth-order valence-corrected chi connectivity index (χ4v) is 2.25. The maximum absolute atomic E-state index is 11.4. The molecule has 1 unspecified atom stereocenters. The lowest BCUT2D eigenvalue weighted by molar-refractivity contribution is -0.115. The summed E-state index contributed by atoms with van der Waals surface area (Å²) in [5, 5.41) is 6.19. The first-order valence-electron chi connectivity index (χ1n) is 8.17. The number of rotatable bonds is 0. The van der Waals surface area contributed by atoms with Crippen LogP contribution >= 0.6 is 0 Å². The van der Waals surface area contributed by atoms with Crippen molar-refractivity contribution in [2.24, 2.45) is 0 Å². The first-order chi connectivity index (χ1) is 10.7. The third-order valence-electron chi connectivity index (χ3n) is 3.02. The van der Waals surface area contributed by atoms with E-state index in [9.17, 15) is 4.79 Å². The Morgan fingerprint density at radius 3 is 1.86 bits per heavy atom. The highest BCUT2D eigenvalue weighted by molar-refractivity contribution is 6.00. The van der Waals surface area contributed by atoms with E-state index in [1.165, 1.54) is 0 Å². The van der Waals surface area contributed by atoms with Crippen molar-refractivity contribution >= 4 is 5.78 Å². The molecular weight excluding hydrogens is 272 g/mol. The zero-order chi connectivity index (χ0) is 17.0. The molecule has 3 heteroatoms. The first-order valence-corrected chi connectivity index (χ1v) is 8.17. The Labute approximate surface area is 135 Å². The largest absolute Gasteiger partial charge is 0.365 e. The van der Waals surface area contributed by atoms with Gasteiger partial charge in [0.25, 0.3) is 0 Å². The average Bonchev–Trinajstić information content (AvgIpc) is 2.95. The van der Waals surface area contributed by atoms with E-state index in [1.54, 1.807) is 0 Å². The van der Waals surface area contributed by atoms with Gasteiger partial charge < -0.3 is 10.6 Å². The van der Waals surface area contributed by atoms with Crippen molar-refractivity contribution < 1.29 is 4.79 Å². The third-order valence-corrected chi connectivity index (χ3v) is 3.02. The van der Waals surface area contributed by atoms with Gasteiger partial charge in [0.2, 0.25) is 0 Å².